The van der Waals surface area contributed by atoms with Crippen LogP contribution < -0.4 is 21.3 Å². The summed E-state index contributed by atoms with van der Waals surface area (Å²) in [5.41, 5.74) is 2.33. The highest BCUT2D eigenvalue weighted by Gasteiger charge is 2.16. The van der Waals surface area contributed by atoms with Crippen LogP contribution in [0.4, 0.5) is 28.4 Å². The van der Waals surface area contributed by atoms with Crippen molar-refractivity contribution in [3.05, 3.63) is 89.0 Å². The van der Waals surface area contributed by atoms with E-state index < -0.39 is 4.92 Å². The monoisotopic (exact) mass is 423 g/mol. The Labute approximate surface area is 178 Å². The lowest BCUT2D eigenvalue weighted by molar-refractivity contribution is -0.383. The van der Waals surface area contributed by atoms with Crippen molar-refractivity contribution in [1.82, 2.24) is 0 Å². The summed E-state index contributed by atoms with van der Waals surface area (Å²) in [6.07, 6.45) is 0. The smallest absolute Gasteiger partial charge is 0.292 e. The molecule has 4 N–H and O–H groups in total. The first kappa shape index (κ1) is 20.2. The fourth-order valence-corrected chi connectivity index (χ4v) is 2.96. The molecule has 0 bridgehead atoms. The van der Waals surface area contributed by atoms with Gasteiger partial charge in [0.2, 0.25) is 0 Å². The SMILES string of the molecule is O=[N+]([O-])c1ccc(NC(=S)Nc2ccccc2)cc1NC(=S)Nc1ccccc1. The predicted molar refractivity (Wildman–Crippen MR) is 126 cm³/mol. The van der Waals surface area contributed by atoms with Crippen LogP contribution in [0.25, 0.3) is 0 Å². The average molecular weight is 424 g/mol. The van der Waals surface area contributed by atoms with Crippen LogP contribution in [0.1, 0.15) is 0 Å². The quantitative estimate of drug-likeness (QED) is 0.252. The third-order valence-electron chi connectivity index (χ3n) is 3.76. The molecule has 0 fully saturated rings. The van der Waals surface area contributed by atoms with Crippen LogP contribution in [0.3, 0.4) is 0 Å². The fraction of sp³-hybridized carbons (Fsp3) is 0. The molecule has 0 aliphatic heterocycles. The number of hydrogen-bond acceptors (Lipinski definition) is 4. The Hall–Kier alpha value is -3.56. The van der Waals surface area contributed by atoms with Crippen LogP contribution in [0, 0.1) is 10.1 Å². The normalized spacial score (nSPS) is 9.93. The van der Waals surface area contributed by atoms with Gasteiger partial charge in [-0.1, -0.05) is 36.4 Å². The summed E-state index contributed by atoms with van der Waals surface area (Å²) < 4.78 is 0. The maximum absolute atomic E-state index is 11.4. The number of thiocarbonyl (C=S) groups is 2. The molecule has 0 spiro atoms. The number of benzene rings is 3. The summed E-state index contributed by atoms with van der Waals surface area (Å²) in [7, 11) is 0. The maximum atomic E-state index is 11.4. The van der Waals surface area contributed by atoms with Crippen LogP contribution in [0.2, 0.25) is 0 Å². The van der Waals surface area contributed by atoms with E-state index in [1.165, 1.54) is 6.07 Å². The molecule has 0 heterocycles. The Balaban J connectivity index is 1.72. The van der Waals surface area contributed by atoms with E-state index >= 15 is 0 Å². The second kappa shape index (κ2) is 9.58. The summed E-state index contributed by atoms with van der Waals surface area (Å²) in [5, 5.41) is 23.9. The Bertz CT molecular complexity index is 1030. The molecule has 9 heteroatoms. The number of hydrogen-bond donors (Lipinski definition) is 4. The van der Waals surface area contributed by atoms with Gasteiger partial charge >= 0.3 is 0 Å². The second-order valence-electron chi connectivity index (χ2n) is 5.88. The van der Waals surface area contributed by atoms with Crippen LogP contribution in [-0.4, -0.2) is 15.1 Å². The van der Waals surface area contributed by atoms with Gasteiger partial charge in [-0.3, -0.25) is 10.1 Å². The maximum Gasteiger partial charge on any atom is 0.292 e. The van der Waals surface area contributed by atoms with Gasteiger partial charge in [0.05, 0.1) is 4.92 Å². The Morgan fingerprint density at radius 3 is 1.69 bits per heavy atom. The third kappa shape index (κ3) is 5.96. The Kier molecular flexibility index (Phi) is 6.67. The van der Waals surface area contributed by atoms with Gasteiger partial charge in [-0.2, -0.15) is 0 Å². The molecule has 0 aromatic heterocycles. The lowest BCUT2D eigenvalue weighted by atomic mass is 10.2. The molecule has 0 atom stereocenters. The second-order valence-corrected chi connectivity index (χ2v) is 6.70. The van der Waals surface area contributed by atoms with Crippen LogP contribution in [-0.2, 0) is 0 Å². The molecule has 0 radical (unpaired) electrons. The van der Waals surface area contributed by atoms with E-state index in [9.17, 15) is 10.1 Å². The molecular weight excluding hydrogens is 406 g/mol. The molecular formula is C20H17N5O2S2. The van der Waals surface area contributed by atoms with Crippen molar-refractivity contribution < 1.29 is 4.92 Å². The van der Waals surface area contributed by atoms with Crippen molar-refractivity contribution >= 4 is 63.1 Å². The minimum Gasteiger partial charge on any atom is -0.332 e. The Morgan fingerprint density at radius 2 is 1.17 bits per heavy atom. The summed E-state index contributed by atoms with van der Waals surface area (Å²) in [4.78, 5) is 10.9. The van der Waals surface area contributed by atoms with Crippen LogP contribution >= 0.6 is 24.4 Å². The Morgan fingerprint density at radius 1 is 0.690 bits per heavy atom. The fourth-order valence-electron chi connectivity index (χ4n) is 2.49. The van der Waals surface area contributed by atoms with Crippen LogP contribution in [0.15, 0.2) is 78.9 Å². The molecule has 0 saturated heterocycles. The number of para-hydroxylation sites is 2. The largest absolute Gasteiger partial charge is 0.332 e. The third-order valence-corrected chi connectivity index (χ3v) is 4.17. The minimum absolute atomic E-state index is 0.102. The van der Waals surface area contributed by atoms with E-state index in [1.54, 1.807) is 12.1 Å². The molecule has 0 saturated carbocycles. The molecule has 29 heavy (non-hydrogen) atoms. The van der Waals surface area contributed by atoms with Gasteiger partial charge in [0.25, 0.3) is 5.69 Å². The minimum atomic E-state index is -0.474. The van der Waals surface area contributed by atoms with Crippen molar-refractivity contribution in [2.75, 3.05) is 21.3 Å². The molecule has 3 rings (SSSR count). The average Bonchev–Trinajstić information content (AvgIpc) is 2.69. The van der Waals surface area contributed by atoms with Gasteiger partial charge < -0.3 is 21.3 Å². The molecule has 146 valence electrons. The van der Waals surface area contributed by atoms with E-state index in [2.05, 4.69) is 21.3 Å². The standard InChI is InChI=1S/C20H17N5O2S2/c26-25(27)18-12-11-16(23-19(28)21-14-7-3-1-4-8-14)13-17(18)24-20(29)22-15-9-5-2-6-10-15/h1-13H,(H2,21,23,28)(H2,22,24,29). The van der Waals surface area contributed by atoms with Crippen molar-refractivity contribution in [2.24, 2.45) is 0 Å². The van der Waals surface area contributed by atoms with E-state index in [-0.39, 0.29) is 16.5 Å². The number of nitrogens with zero attached hydrogens (tertiary/aromatic N) is 1. The molecule has 0 aliphatic carbocycles. The molecule has 3 aromatic rings. The summed E-state index contributed by atoms with van der Waals surface area (Å²) in [6.45, 7) is 0. The van der Waals surface area contributed by atoms with Crippen LogP contribution in [0.5, 0.6) is 0 Å². The van der Waals surface area contributed by atoms with Crippen molar-refractivity contribution in [2.45, 2.75) is 0 Å². The van der Waals surface area contributed by atoms with E-state index in [4.69, 9.17) is 24.4 Å². The lowest BCUT2D eigenvalue weighted by Gasteiger charge is -2.14. The highest BCUT2D eigenvalue weighted by atomic mass is 32.1. The van der Waals surface area contributed by atoms with E-state index in [1.807, 2.05) is 60.7 Å². The molecule has 0 amide bonds. The first-order chi connectivity index (χ1) is 14.0. The zero-order valence-electron chi connectivity index (χ0n) is 15.1. The number of rotatable bonds is 5. The number of nitro groups is 1. The number of anilines is 4. The first-order valence-corrected chi connectivity index (χ1v) is 9.37. The molecule has 0 aliphatic rings. The topological polar surface area (TPSA) is 91.3 Å². The molecule has 0 unspecified atom stereocenters. The number of nitro benzene ring substituents is 1. The van der Waals surface area contributed by atoms with Gasteiger partial charge in [0, 0.05) is 23.1 Å². The summed E-state index contributed by atoms with van der Waals surface area (Å²) in [6, 6.07) is 23.3. The molecule has 7 nitrogen and oxygen atoms in total. The van der Waals surface area contributed by atoms with Gasteiger partial charge in [0.1, 0.15) is 5.69 Å². The molecule has 3 aromatic carbocycles. The van der Waals surface area contributed by atoms with E-state index in [0.29, 0.717) is 10.8 Å². The van der Waals surface area contributed by atoms with Crippen molar-refractivity contribution in [3.8, 4) is 0 Å². The summed E-state index contributed by atoms with van der Waals surface area (Å²) >= 11 is 10.6. The lowest BCUT2D eigenvalue weighted by Crippen LogP contribution is -2.21. The highest BCUT2D eigenvalue weighted by Crippen LogP contribution is 2.28. The van der Waals surface area contributed by atoms with Gasteiger partial charge in [0.15, 0.2) is 10.2 Å². The van der Waals surface area contributed by atoms with Gasteiger partial charge in [-0.25, -0.2) is 0 Å². The zero-order valence-corrected chi connectivity index (χ0v) is 16.7. The van der Waals surface area contributed by atoms with Gasteiger partial charge in [-0.15, -0.1) is 0 Å². The highest BCUT2D eigenvalue weighted by molar-refractivity contribution is 7.81. The summed E-state index contributed by atoms with van der Waals surface area (Å²) in [5.74, 6) is 0. The van der Waals surface area contributed by atoms with Crippen molar-refractivity contribution in [3.63, 3.8) is 0 Å². The zero-order chi connectivity index (χ0) is 20.6. The van der Waals surface area contributed by atoms with Gasteiger partial charge in [-0.05, 0) is 60.8 Å². The van der Waals surface area contributed by atoms with E-state index in [0.717, 1.165) is 11.4 Å². The predicted octanol–water partition coefficient (Wildman–Crippen LogP) is 5.21. The number of nitrogens with one attached hydrogen (secondary N) is 4. The van der Waals surface area contributed by atoms with Crippen molar-refractivity contribution in [1.29, 1.82) is 0 Å². The first-order valence-electron chi connectivity index (χ1n) is 8.56.